The van der Waals surface area contributed by atoms with Gasteiger partial charge in [0, 0.05) is 36.2 Å². The van der Waals surface area contributed by atoms with Crippen LogP contribution in [0.25, 0.3) is 5.57 Å². The number of allylic oxidation sites excluding steroid dienone is 2. The van der Waals surface area contributed by atoms with Gasteiger partial charge < -0.3 is 4.90 Å². The molecule has 4 nitrogen and oxygen atoms in total. The molecule has 7 heteroatoms. The van der Waals surface area contributed by atoms with Gasteiger partial charge in [-0.2, -0.15) is 10.4 Å². The van der Waals surface area contributed by atoms with Gasteiger partial charge in [-0.05, 0) is 29.3 Å². The Morgan fingerprint density at radius 1 is 1.40 bits per heavy atom. The number of nitriles is 1. The molecule has 1 aliphatic heterocycles. The Morgan fingerprint density at radius 2 is 2.08 bits per heavy atom. The summed E-state index contributed by atoms with van der Waals surface area (Å²) in [6.07, 6.45) is 3.76. The highest BCUT2D eigenvalue weighted by molar-refractivity contribution is 9.11. The molecule has 128 valence electrons. The van der Waals surface area contributed by atoms with Crippen molar-refractivity contribution >= 4 is 34.1 Å². The van der Waals surface area contributed by atoms with Crippen molar-refractivity contribution in [3.63, 3.8) is 0 Å². The van der Waals surface area contributed by atoms with Crippen LogP contribution in [0.2, 0.25) is 0 Å². The van der Waals surface area contributed by atoms with Crippen molar-refractivity contribution in [3.8, 4) is 6.07 Å². The topological polar surface area (TPSA) is 51.8 Å². The first-order chi connectivity index (χ1) is 11.9. The molecule has 0 spiro atoms. The zero-order chi connectivity index (χ0) is 18.0. The lowest BCUT2D eigenvalue weighted by molar-refractivity contribution is 0.0998. The first-order valence-corrected chi connectivity index (χ1v) is 8.48. The molecule has 1 aliphatic carbocycles. The van der Waals surface area contributed by atoms with Crippen LogP contribution in [0.1, 0.15) is 24.0 Å². The smallest absolute Gasteiger partial charge is 0.252 e. The van der Waals surface area contributed by atoms with E-state index in [-0.39, 0.29) is 12.8 Å². The predicted octanol–water partition coefficient (Wildman–Crippen LogP) is 4.55. The van der Waals surface area contributed by atoms with Crippen LogP contribution in [0, 0.1) is 17.2 Å². The summed E-state index contributed by atoms with van der Waals surface area (Å²) in [5, 5.41) is 16.3. The van der Waals surface area contributed by atoms with E-state index in [1.165, 1.54) is 0 Å². The largest absolute Gasteiger partial charge is 0.330 e. The fourth-order valence-electron chi connectivity index (χ4n) is 2.71. The van der Waals surface area contributed by atoms with E-state index in [1.54, 1.807) is 17.0 Å². The van der Waals surface area contributed by atoms with Crippen molar-refractivity contribution in [3.05, 3.63) is 52.2 Å². The third-order valence-electron chi connectivity index (χ3n) is 4.25. The van der Waals surface area contributed by atoms with Gasteiger partial charge >= 0.3 is 0 Å². The summed E-state index contributed by atoms with van der Waals surface area (Å²) < 4.78 is 27.3. The Labute approximate surface area is 153 Å². The highest BCUT2D eigenvalue weighted by Gasteiger charge is 2.57. The molecule has 0 N–H and O–H groups in total. The van der Waals surface area contributed by atoms with E-state index in [0.717, 1.165) is 15.6 Å². The lowest BCUT2D eigenvalue weighted by atomic mass is 10.0. The molecule has 3 rings (SSSR count). The number of halogens is 3. The Kier molecular flexibility index (Phi) is 4.82. The molecule has 1 aromatic carbocycles. The van der Waals surface area contributed by atoms with Crippen LogP contribution in [0.15, 0.2) is 51.2 Å². The SMILES string of the molecule is C=N/N=C(/CC1CC1(F)F)N1C=CC(c2ccc(C#N)cc2)=C(Br)C1. The van der Waals surface area contributed by atoms with Crippen LogP contribution in [-0.4, -0.2) is 29.9 Å². The molecule has 1 fully saturated rings. The first kappa shape index (κ1) is 17.5. The zero-order valence-corrected chi connectivity index (χ0v) is 14.9. The van der Waals surface area contributed by atoms with Gasteiger partial charge in [0.05, 0.1) is 18.2 Å². The molecule has 1 aromatic rings. The van der Waals surface area contributed by atoms with E-state index in [1.807, 2.05) is 24.4 Å². The normalized spacial score (nSPS) is 21.9. The number of hydrogen-bond acceptors (Lipinski definition) is 3. The summed E-state index contributed by atoms with van der Waals surface area (Å²) in [6.45, 7) is 3.80. The second-order valence-electron chi connectivity index (χ2n) is 5.98. The predicted molar refractivity (Wildman–Crippen MR) is 97.5 cm³/mol. The number of benzene rings is 1. The van der Waals surface area contributed by atoms with E-state index < -0.39 is 11.8 Å². The van der Waals surface area contributed by atoms with E-state index >= 15 is 0 Å². The van der Waals surface area contributed by atoms with Crippen molar-refractivity contribution in [2.75, 3.05) is 6.54 Å². The van der Waals surface area contributed by atoms with Gasteiger partial charge in [0.15, 0.2) is 0 Å². The Balaban J connectivity index is 1.76. The fourth-order valence-corrected chi connectivity index (χ4v) is 3.34. The van der Waals surface area contributed by atoms with E-state index in [2.05, 4.69) is 38.9 Å². The van der Waals surface area contributed by atoms with Gasteiger partial charge in [-0.1, -0.05) is 28.1 Å². The molecular formula is C18H15BrF2N4. The zero-order valence-electron chi connectivity index (χ0n) is 13.3. The highest BCUT2D eigenvalue weighted by Crippen LogP contribution is 2.51. The lowest BCUT2D eigenvalue weighted by Crippen LogP contribution is -2.29. The lowest BCUT2D eigenvalue weighted by Gasteiger charge is -2.26. The molecule has 1 saturated carbocycles. The Morgan fingerprint density at radius 3 is 2.60 bits per heavy atom. The minimum absolute atomic E-state index is 0.103. The quantitative estimate of drug-likeness (QED) is 0.419. The minimum atomic E-state index is -2.60. The van der Waals surface area contributed by atoms with Gasteiger partial charge in [-0.25, -0.2) is 8.78 Å². The van der Waals surface area contributed by atoms with Gasteiger partial charge in [0.25, 0.3) is 5.92 Å². The van der Waals surface area contributed by atoms with E-state index in [9.17, 15) is 8.78 Å². The molecule has 1 atom stereocenters. The standard InChI is InChI=1S/C18H15BrF2N4/c1-23-24-17(8-14-9-18(14,20)21)25-7-6-15(16(19)11-25)13-4-2-12(10-22)3-5-13/h2-7,14H,1,8-9,11H2/b24-17-. The molecule has 0 bridgehead atoms. The first-order valence-electron chi connectivity index (χ1n) is 7.69. The van der Waals surface area contributed by atoms with Gasteiger partial charge in [0.2, 0.25) is 0 Å². The summed E-state index contributed by atoms with van der Waals surface area (Å²) in [5.41, 5.74) is 2.54. The fraction of sp³-hybridized carbons (Fsp3) is 0.278. The van der Waals surface area contributed by atoms with Crippen LogP contribution in [-0.2, 0) is 0 Å². The van der Waals surface area contributed by atoms with E-state index in [4.69, 9.17) is 5.26 Å². The van der Waals surface area contributed by atoms with Gasteiger partial charge in [0.1, 0.15) is 5.84 Å². The van der Waals surface area contributed by atoms with Crippen LogP contribution in [0.5, 0.6) is 0 Å². The Hall–Kier alpha value is -2.33. The van der Waals surface area contributed by atoms with E-state index in [0.29, 0.717) is 17.9 Å². The third-order valence-corrected chi connectivity index (χ3v) is 4.93. The van der Waals surface area contributed by atoms with Crippen molar-refractivity contribution in [1.82, 2.24) is 4.90 Å². The molecule has 0 amide bonds. The molecule has 0 radical (unpaired) electrons. The summed E-state index contributed by atoms with van der Waals surface area (Å²) in [5.74, 6) is -2.80. The maximum atomic E-state index is 13.2. The molecular weight excluding hydrogens is 390 g/mol. The molecule has 25 heavy (non-hydrogen) atoms. The monoisotopic (exact) mass is 404 g/mol. The summed E-state index contributed by atoms with van der Waals surface area (Å²) >= 11 is 3.56. The second-order valence-corrected chi connectivity index (χ2v) is 6.93. The highest BCUT2D eigenvalue weighted by atomic mass is 79.9. The van der Waals surface area contributed by atoms with Gasteiger partial charge in [-0.15, -0.1) is 5.10 Å². The number of hydrogen-bond donors (Lipinski definition) is 0. The third kappa shape index (κ3) is 3.85. The molecule has 0 aromatic heterocycles. The van der Waals surface area contributed by atoms with Crippen LogP contribution >= 0.6 is 15.9 Å². The van der Waals surface area contributed by atoms with Crippen molar-refractivity contribution < 1.29 is 8.78 Å². The van der Waals surface area contributed by atoms with Crippen LogP contribution in [0.3, 0.4) is 0 Å². The summed E-state index contributed by atoms with van der Waals surface area (Å²) in [7, 11) is 0. The van der Waals surface area contributed by atoms with Crippen molar-refractivity contribution in [1.29, 1.82) is 5.26 Å². The maximum absolute atomic E-state index is 13.2. The number of rotatable bonds is 4. The average Bonchev–Trinajstić information content (AvgIpc) is 3.21. The molecule has 2 aliphatic rings. The second kappa shape index (κ2) is 6.89. The summed E-state index contributed by atoms with van der Waals surface area (Å²) in [6, 6.07) is 9.35. The number of nitrogens with zero attached hydrogens (tertiary/aromatic N) is 4. The molecule has 0 saturated heterocycles. The average molecular weight is 405 g/mol. The number of amidine groups is 1. The summed E-state index contributed by atoms with van der Waals surface area (Å²) in [4.78, 5) is 1.79. The van der Waals surface area contributed by atoms with Crippen LogP contribution < -0.4 is 0 Å². The van der Waals surface area contributed by atoms with Gasteiger partial charge in [-0.3, -0.25) is 0 Å². The van der Waals surface area contributed by atoms with Crippen molar-refractivity contribution in [2.24, 2.45) is 16.1 Å². The minimum Gasteiger partial charge on any atom is -0.330 e. The Bertz CT molecular complexity index is 818. The molecule has 1 heterocycles. The van der Waals surface area contributed by atoms with Crippen LogP contribution in [0.4, 0.5) is 8.78 Å². The van der Waals surface area contributed by atoms with Crippen molar-refractivity contribution in [2.45, 2.75) is 18.8 Å². The maximum Gasteiger partial charge on any atom is 0.252 e. The number of alkyl halides is 2. The molecule has 1 unspecified atom stereocenters.